The molecule has 6 heteroatoms. The molecule has 2 N–H and O–H groups in total. The first-order valence-electron chi connectivity index (χ1n) is 6.45. The molecule has 1 unspecified atom stereocenters. The van der Waals surface area contributed by atoms with Crippen molar-refractivity contribution in [3.05, 3.63) is 28.2 Å². The maximum Gasteiger partial charge on any atom is 0.240 e. The van der Waals surface area contributed by atoms with Crippen LogP contribution in [0.5, 0.6) is 0 Å². The highest BCUT2D eigenvalue weighted by molar-refractivity contribution is 9.10. The van der Waals surface area contributed by atoms with Gasteiger partial charge in [0.2, 0.25) is 10.0 Å². The average Bonchev–Trinajstić information content (AvgIpc) is 2.37. The summed E-state index contributed by atoms with van der Waals surface area (Å²) in [6.45, 7) is 4.24. The van der Waals surface area contributed by atoms with Gasteiger partial charge in [0, 0.05) is 11.0 Å². The summed E-state index contributed by atoms with van der Waals surface area (Å²) in [6.07, 6.45) is 2.19. The van der Waals surface area contributed by atoms with Crippen LogP contribution in [-0.4, -0.2) is 28.1 Å². The van der Waals surface area contributed by atoms with Gasteiger partial charge in [0.05, 0.1) is 4.90 Å². The lowest BCUT2D eigenvalue weighted by molar-refractivity contribution is 0.376. The third-order valence-corrected chi connectivity index (χ3v) is 5.46. The Morgan fingerprint density at radius 2 is 2.26 bits per heavy atom. The smallest absolute Gasteiger partial charge is 0.240 e. The zero-order valence-electron chi connectivity index (χ0n) is 10.9. The normalized spacial score (nSPS) is 20.4. The number of benzene rings is 1. The minimum absolute atomic E-state index is 0.361. The Bertz CT molecular complexity index is 540. The Balaban J connectivity index is 2.05. The molecule has 0 aliphatic carbocycles. The van der Waals surface area contributed by atoms with Crippen molar-refractivity contribution in [1.29, 1.82) is 0 Å². The van der Waals surface area contributed by atoms with Gasteiger partial charge < -0.3 is 5.32 Å². The van der Waals surface area contributed by atoms with Crippen LogP contribution < -0.4 is 10.0 Å². The Morgan fingerprint density at radius 1 is 1.47 bits per heavy atom. The predicted molar refractivity (Wildman–Crippen MR) is 79.7 cm³/mol. The molecule has 0 bridgehead atoms. The molecule has 0 spiro atoms. The lowest BCUT2D eigenvalue weighted by atomic mass is 10.0. The molecular weight excluding hydrogens is 328 g/mol. The van der Waals surface area contributed by atoms with Crippen LogP contribution in [0, 0.1) is 12.8 Å². The van der Waals surface area contributed by atoms with Crippen molar-refractivity contribution in [2.24, 2.45) is 5.92 Å². The maximum atomic E-state index is 12.3. The number of hydrogen-bond acceptors (Lipinski definition) is 3. The number of hydrogen-bond donors (Lipinski definition) is 2. The summed E-state index contributed by atoms with van der Waals surface area (Å²) >= 11 is 3.34. The summed E-state index contributed by atoms with van der Waals surface area (Å²) in [5, 5.41) is 3.29. The van der Waals surface area contributed by atoms with Gasteiger partial charge in [-0.15, -0.1) is 0 Å². The van der Waals surface area contributed by atoms with Crippen molar-refractivity contribution in [3.63, 3.8) is 0 Å². The summed E-state index contributed by atoms with van der Waals surface area (Å²) in [4.78, 5) is 0.361. The molecule has 1 aliphatic rings. The average molecular weight is 347 g/mol. The highest BCUT2D eigenvalue weighted by Gasteiger charge is 2.20. The summed E-state index contributed by atoms with van der Waals surface area (Å²) in [5.41, 5.74) is 0.753. The van der Waals surface area contributed by atoms with Gasteiger partial charge >= 0.3 is 0 Å². The number of aryl methyl sites for hydroxylation is 1. The largest absolute Gasteiger partial charge is 0.316 e. The van der Waals surface area contributed by atoms with Crippen LogP contribution in [0.3, 0.4) is 0 Å². The van der Waals surface area contributed by atoms with E-state index in [1.165, 1.54) is 0 Å². The zero-order valence-corrected chi connectivity index (χ0v) is 13.4. The van der Waals surface area contributed by atoms with Crippen LogP contribution in [-0.2, 0) is 10.0 Å². The minimum atomic E-state index is -3.41. The monoisotopic (exact) mass is 346 g/mol. The van der Waals surface area contributed by atoms with Gasteiger partial charge in [0.25, 0.3) is 0 Å². The van der Waals surface area contributed by atoms with E-state index < -0.39 is 10.0 Å². The van der Waals surface area contributed by atoms with E-state index in [1.54, 1.807) is 12.1 Å². The fourth-order valence-corrected chi connectivity index (χ4v) is 4.13. The highest BCUT2D eigenvalue weighted by Crippen LogP contribution is 2.20. The Labute approximate surface area is 123 Å². The van der Waals surface area contributed by atoms with Crippen LogP contribution in [0.1, 0.15) is 18.4 Å². The van der Waals surface area contributed by atoms with Crippen molar-refractivity contribution < 1.29 is 8.42 Å². The van der Waals surface area contributed by atoms with Crippen molar-refractivity contribution in [1.82, 2.24) is 10.0 Å². The summed E-state index contributed by atoms with van der Waals surface area (Å²) in [5.74, 6) is 0.388. The van der Waals surface area contributed by atoms with Crippen molar-refractivity contribution in [2.75, 3.05) is 19.6 Å². The molecule has 1 fully saturated rings. The first-order chi connectivity index (χ1) is 8.99. The van der Waals surface area contributed by atoms with Crippen LogP contribution in [0.15, 0.2) is 27.6 Å². The maximum absolute atomic E-state index is 12.3. The van der Waals surface area contributed by atoms with Gasteiger partial charge in [-0.3, -0.25) is 0 Å². The number of sulfonamides is 1. The topological polar surface area (TPSA) is 58.2 Å². The van der Waals surface area contributed by atoms with Gasteiger partial charge in [-0.25, -0.2) is 13.1 Å². The molecule has 1 saturated heterocycles. The van der Waals surface area contributed by atoms with E-state index in [0.29, 0.717) is 17.4 Å². The number of halogens is 1. The number of rotatable bonds is 4. The van der Waals surface area contributed by atoms with Crippen molar-refractivity contribution >= 4 is 26.0 Å². The molecule has 19 heavy (non-hydrogen) atoms. The second kappa shape index (κ2) is 6.35. The van der Waals surface area contributed by atoms with Gasteiger partial charge in [-0.1, -0.05) is 15.9 Å². The number of piperidine rings is 1. The van der Waals surface area contributed by atoms with Crippen LogP contribution in [0.4, 0.5) is 0 Å². The predicted octanol–water partition coefficient (Wildman–Crippen LogP) is 2.04. The van der Waals surface area contributed by atoms with Gasteiger partial charge in [0.15, 0.2) is 0 Å². The summed E-state index contributed by atoms with van der Waals surface area (Å²) < 4.78 is 28.1. The molecule has 1 aromatic rings. The lowest BCUT2D eigenvalue weighted by Crippen LogP contribution is -2.38. The fourth-order valence-electron chi connectivity index (χ4n) is 2.32. The third kappa shape index (κ3) is 4.02. The lowest BCUT2D eigenvalue weighted by Gasteiger charge is -2.23. The Kier molecular flexibility index (Phi) is 5.00. The van der Waals surface area contributed by atoms with E-state index in [4.69, 9.17) is 0 Å². The molecule has 1 aromatic carbocycles. The van der Waals surface area contributed by atoms with E-state index in [2.05, 4.69) is 26.0 Å². The molecule has 1 atom stereocenters. The highest BCUT2D eigenvalue weighted by atomic mass is 79.9. The van der Waals surface area contributed by atoms with Crippen LogP contribution >= 0.6 is 15.9 Å². The van der Waals surface area contributed by atoms with Gasteiger partial charge in [-0.2, -0.15) is 0 Å². The first-order valence-corrected chi connectivity index (χ1v) is 8.73. The van der Waals surface area contributed by atoms with E-state index in [1.807, 2.05) is 13.0 Å². The standard InChI is InChI=1S/C13H19BrN2O2S/c1-10-7-12(14)4-5-13(10)19(17,18)16-9-11-3-2-6-15-8-11/h4-5,7,11,15-16H,2-3,6,8-9H2,1H3. The van der Waals surface area contributed by atoms with E-state index in [0.717, 1.165) is 36.0 Å². The van der Waals surface area contributed by atoms with Crippen molar-refractivity contribution in [3.8, 4) is 0 Å². The van der Waals surface area contributed by atoms with Crippen LogP contribution in [0.25, 0.3) is 0 Å². The molecule has 4 nitrogen and oxygen atoms in total. The van der Waals surface area contributed by atoms with Gasteiger partial charge in [0.1, 0.15) is 0 Å². The Morgan fingerprint density at radius 3 is 2.89 bits per heavy atom. The zero-order chi connectivity index (χ0) is 13.9. The summed E-state index contributed by atoms with van der Waals surface area (Å²) in [7, 11) is -3.41. The molecule has 0 radical (unpaired) electrons. The molecule has 0 aromatic heterocycles. The molecule has 0 amide bonds. The Hall–Kier alpha value is -0.430. The summed E-state index contributed by atoms with van der Waals surface area (Å²) in [6, 6.07) is 5.21. The molecule has 1 heterocycles. The second-order valence-electron chi connectivity index (χ2n) is 4.97. The second-order valence-corrected chi connectivity index (χ2v) is 7.63. The molecule has 106 valence electrons. The quantitative estimate of drug-likeness (QED) is 0.876. The fraction of sp³-hybridized carbons (Fsp3) is 0.538. The minimum Gasteiger partial charge on any atom is -0.316 e. The van der Waals surface area contributed by atoms with Crippen molar-refractivity contribution in [2.45, 2.75) is 24.7 Å². The molecule has 1 aliphatic heterocycles. The molecule has 2 rings (SSSR count). The van der Waals surface area contributed by atoms with E-state index in [-0.39, 0.29) is 0 Å². The van der Waals surface area contributed by atoms with E-state index in [9.17, 15) is 8.42 Å². The van der Waals surface area contributed by atoms with E-state index >= 15 is 0 Å². The third-order valence-electron chi connectivity index (χ3n) is 3.39. The van der Waals surface area contributed by atoms with Crippen LogP contribution in [0.2, 0.25) is 0 Å². The van der Waals surface area contributed by atoms with Gasteiger partial charge in [-0.05, 0) is 62.5 Å². The SMILES string of the molecule is Cc1cc(Br)ccc1S(=O)(=O)NCC1CCCNC1. The molecular formula is C13H19BrN2O2S. The number of nitrogens with one attached hydrogen (secondary N) is 2. The first kappa shape index (κ1) is 15.0. The molecule has 0 saturated carbocycles.